The summed E-state index contributed by atoms with van der Waals surface area (Å²) in [6.45, 7) is 8.55. The van der Waals surface area contributed by atoms with E-state index in [1.165, 1.54) is 4.90 Å². The average Bonchev–Trinajstić information content (AvgIpc) is 3.28. The van der Waals surface area contributed by atoms with Gasteiger partial charge in [-0.2, -0.15) is 0 Å². The van der Waals surface area contributed by atoms with E-state index in [1.54, 1.807) is 17.0 Å². The molecule has 0 aliphatic carbocycles. The minimum Gasteiger partial charge on any atom is -0.480 e. The summed E-state index contributed by atoms with van der Waals surface area (Å²) < 4.78 is 1.61. The zero-order chi connectivity index (χ0) is 20.1. The van der Waals surface area contributed by atoms with Crippen molar-refractivity contribution < 1.29 is 19.5 Å². The molecule has 0 radical (unpaired) electrons. The Morgan fingerprint density at radius 3 is 1.96 bits per heavy atom. The number of carbonyl (C=O) groups excluding carboxylic acids is 2. The molecule has 3 atom stereocenters. The van der Waals surface area contributed by atoms with E-state index >= 15 is 0 Å². The summed E-state index contributed by atoms with van der Waals surface area (Å²) in [6.07, 6.45) is 5.97. The van der Waals surface area contributed by atoms with Crippen molar-refractivity contribution in [1.82, 2.24) is 9.47 Å². The number of hydrogen-bond acceptors (Lipinski definition) is 3. The normalized spacial score (nSPS) is 19.5. The van der Waals surface area contributed by atoms with E-state index in [0.717, 1.165) is 6.42 Å². The molecule has 6 nitrogen and oxygen atoms in total. The molecule has 1 N–H and O–H groups in total. The molecule has 6 heteroatoms. The molecule has 150 valence electrons. The van der Waals surface area contributed by atoms with Crippen LogP contribution in [0, 0.1) is 23.7 Å². The standard InChI is InChI=1S/C21H32N2O4/c1-14(2)16(19(24)22-11-5-6-12-22)9-10-17(15(3)4)20(25)23-13-7-8-18(23)21(26)27/h5-6,11-12,14-18H,7-10,13H2,1-4H3,(H,26,27)/t16-,17?,18-/m1/s1. The van der Waals surface area contributed by atoms with Crippen LogP contribution in [0.25, 0.3) is 0 Å². The lowest BCUT2D eigenvalue weighted by atomic mass is 9.83. The van der Waals surface area contributed by atoms with Crippen LogP contribution in [0.3, 0.4) is 0 Å². The van der Waals surface area contributed by atoms with Crippen molar-refractivity contribution in [2.45, 2.75) is 59.4 Å². The first kappa shape index (κ1) is 21.2. The van der Waals surface area contributed by atoms with Crippen molar-refractivity contribution in [3.63, 3.8) is 0 Å². The van der Waals surface area contributed by atoms with Gasteiger partial charge in [0.1, 0.15) is 6.04 Å². The Kier molecular flexibility index (Phi) is 7.22. The van der Waals surface area contributed by atoms with Gasteiger partial charge in [-0.1, -0.05) is 27.7 Å². The van der Waals surface area contributed by atoms with Gasteiger partial charge in [0.25, 0.3) is 0 Å². The topological polar surface area (TPSA) is 79.6 Å². The Labute approximate surface area is 161 Å². The van der Waals surface area contributed by atoms with Crippen molar-refractivity contribution in [1.29, 1.82) is 0 Å². The number of likely N-dealkylation sites (tertiary alicyclic amines) is 1. The Balaban J connectivity index is 2.09. The summed E-state index contributed by atoms with van der Waals surface area (Å²) in [5.74, 6) is -1.11. The average molecular weight is 376 g/mol. The van der Waals surface area contributed by atoms with Gasteiger partial charge in [-0.05, 0) is 49.7 Å². The maximum atomic E-state index is 13.1. The number of rotatable bonds is 8. The van der Waals surface area contributed by atoms with Crippen LogP contribution in [-0.2, 0) is 9.59 Å². The number of carboxylic acid groups (broad SMARTS) is 1. The van der Waals surface area contributed by atoms with E-state index in [-0.39, 0.29) is 35.5 Å². The number of hydrogen-bond donors (Lipinski definition) is 1. The zero-order valence-corrected chi connectivity index (χ0v) is 16.8. The third-order valence-electron chi connectivity index (χ3n) is 5.71. The van der Waals surface area contributed by atoms with Gasteiger partial charge in [0, 0.05) is 30.8 Å². The van der Waals surface area contributed by atoms with Crippen molar-refractivity contribution in [2.24, 2.45) is 23.7 Å². The van der Waals surface area contributed by atoms with Crippen molar-refractivity contribution in [3.8, 4) is 0 Å². The molecule has 2 rings (SSSR count). The van der Waals surface area contributed by atoms with Gasteiger partial charge >= 0.3 is 5.97 Å². The Bertz CT molecular complexity index is 651. The molecule has 1 amide bonds. The molecule has 0 aromatic carbocycles. The lowest BCUT2D eigenvalue weighted by Crippen LogP contribution is -2.45. The van der Waals surface area contributed by atoms with Crippen molar-refractivity contribution in [2.75, 3.05) is 6.54 Å². The van der Waals surface area contributed by atoms with E-state index in [4.69, 9.17) is 0 Å². The molecule has 27 heavy (non-hydrogen) atoms. The molecule has 1 fully saturated rings. The fourth-order valence-corrected chi connectivity index (χ4v) is 4.02. The monoisotopic (exact) mass is 376 g/mol. The Hall–Kier alpha value is -2.11. The Morgan fingerprint density at radius 1 is 0.963 bits per heavy atom. The second-order valence-electron chi connectivity index (χ2n) is 8.23. The van der Waals surface area contributed by atoms with Crippen LogP contribution in [0.1, 0.15) is 58.2 Å². The first-order chi connectivity index (χ1) is 12.7. The summed E-state index contributed by atoms with van der Waals surface area (Å²) >= 11 is 0. The molecule has 0 saturated carbocycles. The molecule has 1 unspecified atom stereocenters. The molecule has 2 heterocycles. The number of aromatic nitrogens is 1. The molecule has 1 aromatic heterocycles. The highest BCUT2D eigenvalue weighted by atomic mass is 16.4. The van der Waals surface area contributed by atoms with Gasteiger partial charge in [0.15, 0.2) is 0 Å². The third kappa shape index (κ3) is 4.99. The van der Waals surface area contributed by atoms with Crippen LogP contribution in [0.4, 0.5) is 0 Å². The lowest BCUT2D eigenvalue weighted by molar-refractivity contribution is -0.150. The number of aliphatic carboxylic acids is 1. The summed E-state index contributed by atoms with van der Waals surface area (Å²) in [7, 11) is 0. The number of carboxylic acids is 1. The first-order valence-electron chi connectivity index (χ1n) is 9.94. The predicted octanol–water partition coefficient (Wildman–Crippen LogP) is 3.53. The largest absolute Gasteiger partial charge is 0.480 e. The molecular formula is C21H32N2O4. The van der Waals surface area contributed by atoms with Gasteiger partial charge in [0.05, 0.1) is 0 Å². The van der Waals surface area contributed by atoms with E-state index in [0.29, 0.717) is 25.8 Å². The number of carbonyl (C=O) groups is 3. The van der Waals surface area contributed by atoms with E-state index < -0.39 is 12.0 Å². The molecule has 1 saturated heterocycles. The second-order valence-corrected chi connectivity index (χ2v) is 8.23. The second kappa shape index (κ2) is 9.20. The highest BCUT2D eigenvalue weighted by molar-refractivity contribution is 5.86. The van der Waals surface area contributed by atoms with E-state index in [1.807, 2.05) is 39.8 Å². The number of amides is 1. The summed E-state index contributed by atoms with van der Waals surface area (Å²) in [5.41, 5.74) is 0. The van der Waals surface area contributed by atoms with Gasteiger partial charge in [-0.25, -0.2) is 4.79 Å². The van der Waals surface area contributed by atoms with Crippen LogP contribution >= 0.6 is 0 Å². The molecule has 1 aliphatic heterocycles. The molecule has 1 aliphatic rings. The highest BCUT2D eigenvalue weighted by Crippen LogP contribution is 2.29. The van der Waals surface area contributed by atoms with Crippen LogP contribution < -0.4 is 0 Å². The van der Waals surface area contributed by atoms with Crippen LogP contribution in [0.15, 0.2) is 24.5 Å². The van der Waals surface area contributed by atoms with Crippen molar-refractivity contribution >= 4 is 17.8 Å². The van der Waals surface area contributed by atoms with E-state index in [9.17, 15) is 19.5 Å². The predicted molar refractivity (Wildman–Crippen MR) is 103 cm³/mol. The molecule has 1 aromatic rings. The first-order valence-corrected chi connectivity index (χ1v) is 9.94. The maximum absolute atomic E-state index is 13.1. The summed E-state index contributed by atoms with van der Waals surface area (Å²) in [5, 5.41) is 9.38. The minimum absolute atomic E-state index is 0.0505. The third-order valence-corrected chi connectivity index (χ3v) is 5.71. The maximum Gasteiger partial charge on any atom is 0.326 e. The van der Waals surface area contributed by atoms with Gasteiger partial charge in [-0.3, -0.25) is 14.2 Å². The fourth-order valence-electron chi connectivity index (χ4n) is 4.02. The smallest absolute Gasteiger partial charge is 0.326 e. The zero-order valence-electron chi connectivity index (χ0n) is 16.8. The van der Waals surface area contributed by atoms with Gasteiger partial charge in [-0.15, -0.1) is 0 Å². The molecule has 0 spiro atoms. The summed E-state index contributed by atoms with van der Waals surface area (Å²) in [6, 6.07) is 2.95. The minimum atomic E-state index is -0.925. The number of nitrogens with zero attached hydrogens (tertiary/aromatic N) is 2. The summed E-state index contributed by atoms with van der Waals surface area (Å²) in [4.78, 5) is 38.8. The van der Waals surface area contributed by atoms with Crippen LogP contribution in [0.5, 0.6) is 0 Å². The quantitative estimate of drug-likeness (QED) is 0.753. The van der Waals surface area contributed by atoms with E-state index in [2.05, 4.69) is 0 Å². The highest BCUT2D eigenvalue weighted by Gasteiger charge is 2.38. The molecular weight excluding hydrogens is 344 g/mol. The van der Waals surface area contributed by atoms with Gasteiger partial charge in [0.2, 0.25) is 11.8 Å². The SMILES string of the molecule is CC(C)C(CC[C@@H](C(=O)n1cccc1)C(C)C)C(=O)N1CCC[C@@H]1C(=O)O. The Morgan fingerprint density at radius 2 is 1.48 bits per heavy atom. The van der Waals surface area contributed by atoms with Crippen molar-refractivity contribution in [3.05, 3.63) is 24.5 Å². The molecule has 0 bridgehead atoms. The van der Waals surface area contributed by atoms with Crippen LogP contribution in [-0.4, -0.2) is 44.9 Å². The fraction of sp³-hybridized carbons (Fsp3) is 0.667. The van der Waals surface area contributed by atoms with Crippen LogP contribution in [0.2, 0.25) is 0 Å². The lowest BCUT2D eigenvalue weighted by Gasteiger charge is -2.30. The van der Waals surface area contributed by atoms with Gasteiger partial charge < -0.3 is 10.0 Å².